The Morgan fingerprint density at radius 3 is 2.23 bits per heavy atom. The van der Waals surface area contributed by atoms with Gasteiger partial charge in [0.25, 0.3) is 0 Å². The number of hydrogen-bond donors (Lipinski definition) is 2. The van der Waals surface area contributed by atoms with Gasteiger partial charge < -0.3 is 9.64 Å². The van der Waals surface area contributed by atoms with Crippen LogP contribution >= 0.6 is 0 Å². The standard InChI is InChI=1S/C26H38N4O/c1-6-20(2)22-9-13-24(14-10-22)30(25(27)28-29-15-17-31-18-16-29)19-21-7-11-23(12-8-21)26(3,4)5/h7-14,20H,6,15-19H2,1-5H3,(H2,27,28). The molecule has 0 aromatic heterocycles. The Kier molecular flexibility index (Phi) is 7.74. The first-order valence-electron chi connectivity index (χ1n) is 11.4. The van der Waals surface area contributed by atoms with Crippen molar-refractivity contribution in [1.82, 2.24) is 10.4 Å². The fourth-order valence-corrected chi connectivity index (χ4v) is 3.70. The molecule has 5 nitrogen and oxygen atoms in total. The van der Waals surface area contributed by atoms with E-state index in [0.717, 1.165) is 25.2 Å². The predicted octanol–water partition coefficient (Wildman–Crippen LogP) is 5.28. The molecule has 31 heavy (non-hydrogen) atoms. The summed E-state index contributed by atoms with van der Waals surface area (Å²) in [7, 11) is 0. The molecule has 2 aromatic rings. The molecular formula is C26H38N4O. The minimum atomic E-state index is 0.134. The van der Waals surface area contributed by atoms with Crippen LogP contribution in [0.4, 0.5) is 5.69 Å². The summed E-state index contributed by atoms with van der Waals surface area (Å²) in [6, 6.07) is 17.5. The molecule has 0 spiro atoms. The van der Waals surface area contributed by atoms with Crippen molar-refractivity contribution >= 4 is 11.6 Å². The van der Waals surface area contributed by atoms with Crippen LogP contribution in [0.1, 0.15) is 63.6 Å². The van der Waals surface area contributed by atoms with Crippen molar-refractivity contribution in [2.24, 2.45) is 0 Å². The topological polar surface area (TPSA) is 51.6 Å². The third-order valence-electron chi connectivity index (χ3n) is 6.09. The van der Waals surface area contributed by atoms with Gasteiger partial charge in [0.05, 0.1) is 19.8 Å². The molecular weight excluding hydrogens is 384 g/mol. The minimum Gasteiger partial charge on any atom is -0.379 e. The van der Waals surface area contributed by atoms with Gasteiger partial charge in [0.1, 0.15) is 0 Å². The van der Waals surface area contributed by atoms with E-state index in [-0.39, 0.29) is 5.41 Å². The van der Waals surface area contributed by atoms with Gasteiger partial charge >= 0.3 is 0 Å². The van der Waals surface area contributed by atoms with Gasteiger partial charge in [-0.25, -0.2) is 5.01 Å². The second kappa shape index (κ2) is 10.3. The average molecular weight is 423 g/mol. The Hall–Kier alpha value is -2.37. The number of morpholine rings is 1. The lowest BCUT2D eigenvalue weighted by Crippen LogP contribution is -2.53. The molecule has 5 heteroatoms. The lowest BCUT2D eigenvalue weighted by atomic mass is 9.87. The van der Waals surface area contributed by atoms with Crippen LogP contribution in [0.2, 0.25) is 0 Å². The summed E-state index contributed by atoms with van der Waals surface area (Å²) in [5, 5.41) is 10.9. The van der Waals surface area contributed by atoms with Gasteiger partial charge in [-0.05, 0) is 46.6 Å². The van der Waals surface area contributed by atoms with E-state index < -0.39 is 0 Å². The van der Waals surface area contributed by atoms with Crippen molar-refractivity contribution in [2.75, 3.05) is 31.2 Å². The first-order chi connectivity index (χ1) is 14.8. The van der Waals surface area contributed by atoms with Gasteiger partial charge in [-0.1, -0.05) is 71.0 Å². The zero-order valence-electron chi connectivity index (χ0n) is 19.7. The van der Waals surface area contributed by atoms with Gasteiger partial charge in [-0.15, -0.1) is 0 Å². The zero-order valence-corrected chi connectivity index (χ0v) is 19.7. The fraction of sp³-hybridized carbons (Fsp3) is 0.500. The summed E-state index contributed by atoms with van der Waals surface area (Å²) in [6.45, 7) is 14.8. The molecule has 1 aliphatic heterocycles. The number of guanidine groups is 1. The highest BCUT2D eigenvalue weighted by Crippen LogP contribution is 2.25. The van der Waals surface area contributed by atoms with E-state index in [1.54, 1.807) is 0 Å². The molecule has 1 aliphatic rings. The third-order valence-corrected chi connectivity index (χ3v) is 6.09. The molecule has 0 saturated carbocycles. The van der Waals surface area contributed by atoms with Crippen LogP contribution in [0.15, 0.2) is 48.5 Å². The fourth-order valence-electron chi connectivity index (χ4n) is 3.70. The largest absolute Gasteiger partial charge is 0.379 e. The van der Waals surface area contributed by atoms with Crippen molar-refractivity contribution in [3.05, 3.63) is 65.2 Å². The lowest BCUT2D eigenvalue weighted by molar-refractivity contribution is 0.0243. The molecule has 0 aliphatic carbocycles. The van der Waals surface area contributed by atoms with Crippen LogP contribution in [-0.4, -0.2) is 37.3 Å². The summed E-state index contributed by atoms with van der Waals surface area (Å²) >= 11 is 0. The van der Waals surface area contributed by atoms with Crippen molar-refractivity contribution in [1.29, 1.82) is 5.41 Å². The Morgan fingerprint density at radius 2 is 1.68 bits per heavy atom. The van der Waals surface area contributed by atoms with Gasteiger partial charge in [0, 0.05) is 18.8 Å². The average Bonchev–Trinajstić information content (AvgIpc) is 2.77. The molecule has 3 rings (SSSR count). The summed E-state index contributed by atoms with van der Waals surface area (Å²) in [6.07, 6.45) is 1.12. The summed E-state index contributed by atoms with van der Waals surface area (Å²) < 4.78 is 5.44. The van der Waals surface area contributed by atoms with Crippen LogP contribution in [-0.2, 0) is 16.7 Å². The maximum Gasteiger partial charge on any atom is 0.210 e. The molecule has 1 saturated heterocycles. The first-order valence-corrected chi connectivity index (χ1v) is 11.4. The number of benzene rings is 2. The van der Waals surface area contributed by atoms with Gasteiger partial charge in [-0.3, -0.25) is 10.8 Å². The van der Waals surface area contributed by atoms with E-state index >= 15 is 0 Å². The Labute approximate surface area is 187 Å². The lowest BCUT2D eigenvalue weighted by Gasteiger charge is -2.33. The predicted molar refractivity (Wildman–Crippen MR) is 130 cm³/mol. The SMILES string of the molecule is CCC(C)c1ccc(N(Cc2ccc(C(C)(C)C)cc2)C(=N)NN2CCOCC2)cc1. The Balaban J connectivity index is 1.82. The Bertz CT molecular complexity index is 833. The van der Waals surface area contributed by atoms with Crippen LogP contribution in [0.3, 0.4) is 0 Å². The monoisotopic (exact) mass is 422 g/mol. The molecule has 1 heterocycles. The van der Waals surface area contributed by atoms with Crippen molar-refractivity contribution in [3.63, 3.8) is 0 Å². The molecule has 0 amide bonds. The number of hydrogen-bond acceptors (Lipinski definition) is 3. The van der Waals surface area contributed by atoms with Crippen molar-refractivity contribution < 1.29 is 4.74 Å². The minimum absolute atomic E-state index is 0.134. The quantitative estimate of drug-likeness (QED) is 0.491. The van der Waals surface area contributed by atoms with Gasteiger partial charge in [0.15, 0.2) is 0 Å². The molecule has 2 N–H and O–H groups in total. The van der Waals surface area contributed by atoms with Gasteiger partial charge in [-0.2, -0.15) is 0 Å². The second-order valence-corrected chi connectivity index (χ2v) is 9.49. The second-order valence-electron chi connectivity index (χ2n) is 9.49. The van der Waals surface area contributed by atoms with Crippen LogP contribution in [0.5, 0.6) is 0 Å². The number of rotatable bonds is 6. The number of ether oxygens (including phenoxy) is 1. The smallest absolute Gasteiger partial charge is 0.210 e. The van der Waals surface area contributed by atoms with Crippen molar-refractivity contribution in [3.8, 4) is 0 Å². The van der Waals surface area contributed by atoms with Crippen LogP contribution in [0.25, 0.3) is 0 Å². The van der Waals surface area contributed by atoms with E-state index in [2.05, 4.69) is 93.6 Å². The maximum absolute atomic E-state index is 8.82. The number of nitrogens with one attached hydrogen (secondary N) is 2. The molecule has 2 aromatic carbocycles. The molecule has 168 valence electrons. The molecule has 0 bridgehead atoms. The normalized spacial score (nSPS) is 16.0. The van der Waals surface area contributed by atoms with Crippen molar-refractivity contribution in [2.45, 2.75) is 58.9 Å². The Morgan fingerprint density at radius 1 is 1.06 bits per heavy atom. The summed E-state index contributed by atoms with van der Waals surface area (Å²) in [5.74, 6) is 0.927. The third kappa shape index (κ3) is 6.31. The van der Waals surface area contributed by atoms with E-state index in [1.807, 2.05) is 4.90 Å². The summed E-state index contributed by atoms with van der Waals surface area (Å²) in [4.78, 5) is 2.04. The van der Waals surface area contributed by atoms with E-state index in [9.17, 15) is 0 Å². The molecule has 1 atom stereocenters. The highest BCUT2D eigenvalue weighted by atomic mass is 16.5. The van der Waals surface area contributed by atoms with E-state index in [0.29, 0.717) is 31.6 Å². The molecule has 0 radical (unpaired) electrons. The van der Waals surface area contributed by atoms with Crippen LogP contribution in [0, 0.1) is 5.41 Å². The van der Waals surface area contributed by atoms with E-state index in [1.165, 1.54) is 16.7 Å². The molecule has 1 fully saturated rings. The molecule has 1 unspecified atom stereocenters. The highest BCUT2D eigenvalue weighted by Gasteiger charge is 2.19. The number of anilines is 1. The highest BCUT2D eigenvalue weighted by molar-refractivity contribution is 5.93. The zero-order chi connectivity index (χ0) is 22.4. The van der Waals surface area contributed by atoms with Crippen LogP contribution < -0.4 is 10.3 Å². The number of nitrogens with zero attached hydrogens (tertiary/aromatic N) is 2. The maximum atomic E-state index is 8.82. The first kappa shape index (κ1) is 23.3. The number of hydrazine groups is 1. The summed E-state index contributed by atoms with van der Waals surface area (Å²) in [5.41, 5.74) is 8.29. The van der Waals surface area contributed by atoms with E-state index in [4.69, 9.17) is 10.1 Å². The van der Waals surface area contributed by atoms with Gasteiger partial charge in [0.2, 0.25) is 5.96 Å².